The van der Waals surface area contributed by atoms with Gasteiger partial charge in [-0.15, -0.1) is 11.8 Å². The van der Waals surface area contributed by atoms with Crippen LogP contribution in [0.4, 0.5) is 28.8 Å². The summed E-state index contributed by atoms with van der Waals surface area (Å²) in [6, 6.07) is 13.4. The van der Waals surface area contributed by atoms with E-state index in [2.05, 4.69) is 38.6 Å². The van der Waals surface area contributed by atoms with E-state index < -0.39 is 0 Å². The molecule has 7 nitrogen and oxygen atoms in total. The first-order chi connectivity index (χ1) is 14.6. The zero-order chi connectivity index (χ0) is 20.9. The number of fused-ring (bicyclic) bond motifs is 1. The largest absolute Gasteiger partial charge is 0.493 e. The number of anilines is 5. The lowest BCUT2D eigenvalue weighted by Crippen LogP contribution is -2.07. The highest BCUT2D eigenvalue weighted by Gasteiger charge is 2.13. The van der Waals surface area contributed by atoms with Gasteiger partial charge in [-0.25, -0.2) is 4.98 Å². The van der Waals surface area contributed by atoms with Crippen LogP contribution in [0.1, 0.15) is 5.56 Å². The van der Waals surface area contributed by atoms with E-state index in [1.54, 1.807) is 18.0 Å². The molecule has 0 unspecified atom stereocenters. The summed E-state index contributed by atoms with van der Waals surface area (Å²) in [7, 11) is 0. The first-order valence-corrected chi connectivity index (χ1v) is 10.6. The number of thioether (sulfide) groups is 1. The zero-order valence-corrected chi connectivity index (χ0v) is 17.3. The number of carbonyl (C=O) groups is 1. The predicted molar refractivity (Wildman–Crippen MR) is 121 cm³/mol. The van der Waals surface area contributed by atoms with Crippen molar-refractivity contribution in [1.29, 1.82) is 0 Å². The second-order valence-corrected chi connectivity index (χ2v) is 7.40. The summed E-state index contributed by atoms with van der Waals surface area (Å²) in [6.45, 7) is 4.19. The first kappa shape index (κ1) is 19.8. The molecule has 1 amide bonds. The molecule has 4 rings (SSSR count). The van der Waals surface area contributed by atoms with Crippen LogP contribution in [-0.4, -0.2) is 28.7 Å². The van der Waals surface area contributed by atoms with Gasteiger partial charge in [-0.05, 0) is 54.3 Å². The number of carbonyl (C=O) groups excluding carboxylic acids is 1. The van der Waals surface area contributed by atoms with E-state index in [-0.39, 0.29) is 5.91 Å². The van der Waals surface area contributed by atoms with Crippen LogP contribution in [0.5, 0.6) is 5.75 Å². The van der Waals surface area contributed by atoms with E-state index >= 15 is 0 Å². The molecule has 152 valence electrons. The maximum absolute atomic E-state index is 11.6. The normalized spacial score (nSPS) is 11.9. The fourth-order valence-electron chi connectivity index (χ4n) is 3.07. The molecule has 1 aromatic heterocycles. The second-order valence-electron chi connectivity index (χ2n) is 6.56. The summed E-state index contributed by atoms with van der Waals surface area (Å²) in [5, 5.41) is 9.33. The molecule has 0 fully saturated rings. The highest BCUT2D eigenvalue weighted by atomic mass is 32.2. The van der Waals surface area contributed by atoms with Crippen molar-refractivity contribution < 1.29 is 9.53 Å². The fourth-order valence-corrected chi connectivity index (χ4v) is 3.52. The SMILES string of the molecule is C=CC(=O)Nc1cccc(Nc2nc(Nc3ccc4c(c3)CCO4)ncc2SC)c1. The van der Waals surface area contributed by atoms with E-state index in [4.69, 9.17) is 4.74 Å². The van der Waals surface area contributed by atoms with Crippen molar-refractivity contribution in [3.8, 4) is 5.75 Å². The molecule has 30 heavy (non-hydrogen) atoms. The zero-order valence-electron chi connectivity index (χ0n) is 16.4. The van der Waals surface area contributed by atoms with Crippen LogP contribution in [0.2, 0.25) is 0 Å². The van der Waals surface area contributed by atoms with E-state index in [0.717, 1.165) is 35.0 Å². The van der Waals surface area contributed by atoms with Crippen molar-refractivity contribution in [2.45, 2.75) is 11.3 Å². The average molecular weight is 420 g/mol. The average Bonchev–Trinajstić information content (AvgIpc) is 3.22. The minimum absolute atomic E-state index is 0.259. The molecule has 0 atom stereocenters. The number of benzene rings is 2. The number of aromatic nitrogens is 2. The Morgan fingerprint density at radius 3 is 2.83 bits per heavy atom. The van der Waals surface area contributed by atoms with Gasteiger partial charge in [-0.1, -0.05) is 12.6 Å². The van der Waals surface area contributed by atoms with Gasteiger partial charge in [0, 0.05) is 29.7 Å². The minimum atomic E-state index is -0.259. The van der Waals surface area contributed by atoms with Crippen LogP contribution in [0.15, 0.2) is 66.2 Å². The van der Waals surface area contributed by atoms with E-state index in [9.17, 15) is 4.79 Å². The molecule has 0 saturated carbocycles. The number of nitrogens with zero attached hydrogens (tertiary/aromatic N) is 2. The summed E-state index contributed by atoms with van der Waals surface area (Å²) in [6.07, 6.45) is 5.89. The standard InChI is InChI=1S/C22H21N5O2S/c1-3-20(28)24-15-5-4-6-16(12-15)25-21-19(30-2)13-23-22(27-21)26-17-7-8-18-14(11-17)9-10-29-18/h3-8,11-13H,1,9-10H2,2H3,(H,24,28)(H2,23,25,26,27). The van der Waals surface area contributed by atoms with Gasteiger partial charge in [0.15, 0.2) is 0 Å². The summed E-state index contributed by atoms with van der Waals surface area (Å²) >= 11 is 1.55. The third kappa shape index (κ3) is 4.55. The maximum atomic E-state index is 11.6. The van der Waals surface area contributed by atoms with Gasteiger partial charge in [-0.3, -0.25) is 4.79 Å². The van der Waals surface area contributed by atoms with E-state index in [1.165, 1.54) is 11.6 Å². The van der Waals surface area contributed by atoms with Gasteiger partial charge in [0.25, 0.3) is 0 Å². The lowest BCUT2D eigenvalue weighted by atomic mass is 10.1. The highest BCUT2D eigenvalue weighted by Crippen LogP contribution is 2.31. The van der Waals surface area contributed by atoms with Gasteiger partial charge in [0.1, 0.15) is 11.6 Å². The van der Waals surface area contributed by atoms with Gasteiger partial charge < -0.3 is 20.7 Å². The monoisotopic (exact) mass is 419 g/mol. The maximum Gasteiger partial charge on any atom is 0.247 e. The molecule has 1 aliphatic rings. The van der Waals surface area contributed by atoms with Crippen LogP contribution in [0.3, 0.4) is 0 Å². The molecule has 0 spiro atoms. The van der Waals surface area contributed by atoms with Crippen molar-refractivity contribution in [2.75, 3.05) is 28.8 Å². The summed E-state index contributed by atoms with van der Waals surface area (Å²) < 4.78 is 5.56. The van der Waals surface area contributed by atoms with Crippen LogP contribution in [0.25, 0.3) is 0 Å². The number of hydrogen-bond acceptors (Lipinski definition) is 7. The molecule has 0 bridgehead atoms. The third-order valence-corrected chi connectivity index (χ3v) is 5.24. The molecule has 2 heterocycles. The van der Waals surface area contributed by atoms with Crippen LogP contribution in [0, 0.1) is 0 Å². The van der Waals surface area contributed by atoms with Crippen LogP contribution >= 0.6 is 11.8 Å². The summed E-state index contributed by atoms with van der Waals surface area (Å²) in [5.74, 6) is 1.84. The van der Waals surface area contributed by atoms with Gasteiger partial charge >= 0.3 is 0 Å². The quantitative estimate of drug-likeness (QED) is 0.376. The van der Waals surface area contributed by atoms with Gasteiger partial charge in [0.2, 0.25) is 11.9 Å². The Balaban J connectivity index is 1.55. The third-order valence-electron chi connectivity index (χ3n) is 4.50. The lowest BCUT2D eigenvalue weighted by Gasteiger charge is -2.13. The Bertz CT molecular complexity index is 1100. The smallest absolute Gasteiger partial charge is 0.247 e. The van der Waals surface area contributed by atoms with Crippen molar-refractivity contribution >= 4 is 46.5 Å². The molecule has 0 radical (unpaired) electrons. The van der Waals surface area contributed by atoms with Crippen LogP contribution in [-0.2, 0) is 11.2 Å². The molecule has 2 aromatic carbocycles. The molecule has 0 aliphatic carbocycles. The number of nitrogens with one attached hydrogen (secondary N) is 3. The topological polar surface area (TPSA) is 88.2 Å². The van der Waals surface area contributed by atoms with Gasteiger partial charge in [0.05, 0.1) is 11.5 Å². The predicted octanol–water partition coefficient (Wildman–Crippen LogP) is 4.75. The van der Waals surface area contributed by atoms with Crippen molar-refractivity contribution in [3.05, 3.63) is 66.9 Å². The Labute approximate surface area is 179 Å². The summed E-state index contributed by atoms with van der Waals surface area (Å²) in [4.78, 5) is 21.5. The van der Waals surface area contributed by atoms with Gasteiger partial charge in [-0.2, -0.15) is 4.98 Å². The Hall–Kier alpha value is -3.52. The first-order valence-electron chi connectivity index (χ1n) is 9.39. The fraction of sp³-hybridized carbons (Fsp3) is 0.136. The Kier molecular flexibility index (Phi) is 5.85. The number of hydrogen-bond donors (Lipinski definition) is 3. The summed E-state index contributed by atoms with van der Waals surface area (Å²) in [5.41, 5.74) is 3.56. The highest BCUT2D eigenvalue weighted by molar-refractivity contribution is 7.98. The molecule has 3 aromatic rings. The van der Waals surface area contributed by atoms with Crippen molar-refractivity contribution in [2.24, 2.45) is 0 Å². The molecule has 8 heteroatoms. The van der Waals surface area contributed by atoms with E-state index in [1.807, 2.05) is 42.7 Å². The number of ether oxygens (including phenoxy) is 1. The molecular formula is C22H21N5O2S. The molecule has 0 saturated heterocycles. The second kappa shape index (κ2) is 8.87. The molecule has 1 aliphatic heterocycles. The van der Waals surface area contributed by atoms with Crippen molar-refractivity contribution in [1.82, 2.24) is 9.97 Å². The number of amides is 1. The molecular weight excluding hydrogens is 398 g/mol. The lowest BCUT2D eigenvalue weighted by molar-refractivity contribution is -0.111. The molecule has 3 N–H and O–H groups in total. The Morgan fingerprint density at radius 2 is 2.00 bits per heavy atom. The van der Waals surface area contributed by atoms with Crippen molar-refractivity contribution in [3.63, 3.8) is 0 Å². The minimum Gasteiger partial charge on any atom is -0.493 e. The van der Waals surface area contributed by atoms with E-state index in [0.29, 0.717) is 17.5 Å². The van der Waals surface area contributed by atoms with Crippen LogP contribution < -0.4 is 20.7 Å². The number of rotatable bonds is 7. The Morgan fingerprint density at radius 1 is 1.17 bits per heavy atom.